The van der Waals surface area contributed by atoms with E-state index in [-0.39, 0.29) is 23.3 Å². The summed E-state index contributed by atoms with van der Waals surface area (Å²) in [5.41, 5.74) is 4.98. The number of nitrogens with zero attached hydrogens (tertiary/aromatic N) is 1. The van der Waals surface area contributed by atoms with Crippen molar-refractivity contribution in [3.63, 3.8) is 0 Å². The van der Waals surface area contributed by atoms with Crippen LogP contribution in [0, 0.1) is 17.6 Å². The van der Waals surface area contributed by atoms with E-state index in [0.717, 1.165) is 17.3 Å². The Kier molecular flexibility index (Phi) is 4.65. The van der Waals surface area contributed by atoms with Crippen LogP contribution < -0.4 is 15.5 Å². The lowest BCUT2D eigenvalue weighted by molar-refractivity contribution is -0.121. The summed E-state index contributed by atoms with van der Waals surface area (Å²) in [5.74, 6) is -1.61. The van der Waals surface area contributed by atoms with E-state index in [1.54, 1.807) is 12.1 Å². The van der Waals surface area contributed by atoms with Crippen molar-refractivity contribution in [2.75, 3.05) is 12.4 Å². The summed E-state index contributed by atoms with van der Waals surface area (Å²) in [6.07, 6.45) is 0.388. The minimum absolute atomic E-state index is 0.0185. The van der Waals surface area contributed by atoms with Gasteiger partial charge in [0.05, 0.1) is 18.5 Å². The van der Waals surface area contributed by atoms with Crippen LogP contribution in [-0.2, 0) is 4.79 Å². The lowest BCUT2D eigenvalue weighted by Crippen LogP contribution is -2.31. The second-order valence-corrected chi connectivity index (χ2v) is 5.81. The fourth-order valence-electron chi connectivity index (χ4n) is 2.74. The first kappa shape index (κ1) is 16.9. The molecular formula is C18H17F2N3O2. The maximum absolute atomic E-state index is 13.7. The van der Waals surface area contributed by atoms with Crippen molar-refractivity contribution in [3.8, 4) is 5.75 Å². The van der Waals surface area contributed by atoms with Crippen LogP contribution in [0.2, 0.25) is 0 Å². The molecule has 0 aliphatic carbocycles. The van der Waals surface area contributed by atoms with E-state index in [1.165, 1.54) is 13.2 Å². The van der Waals surface area contributed by atoms with Gasteiger partial charge in [0.15, 0.2) is 11.6 Å². The molecular weight excluding hydrogens is 328 g/mol. The number of carbonyl (C=O) groups is 1. The number of halogens is 2. The van der Waals surface area contributed by atoms with Gasteiger partial charge in [-0.1, -0.05) is 19.1 Å². The monoisotopic (exact) mass is 345 g/mol. The third-order valence-electron chi connectivity index (χ3n) is 3.93. The van der Waals surface area contributed by atoms with Crippen molar-refractivity contribution >= 4 is 23.0 Å². The maximum atomic E-state index is 13.7. The van der Waals surface area contributed by atoms with E-state index in [2.05, 4.69) is 15.8 Å². The van der Waals surface area contributed by atoms with Gasteiger partial charge in [-0.05, 0) is 17.7 Å². The molecule has 3 rings (SSSR count). The lowest BCUT2D eigenvalue weighted by atomic mass is 9.94. The second kappa shape index (κ2) is 6.88. The normalized spacial score (nSPS) is 16.9. The van der Waals surface area contributed by atoms with Crippen molar-refractivity contribution < 1.29 is 18.3 Å². The fraction of sp³-hybridized carbons (Fsp3) is 0.222. The Morgan fingerprint density at radius 1 is 1.24 bits per heavy atom. The van der Waals surface area contributed by atoms with Gasteiger partial charge < -0.3 is 10.1 Å². The van der Waals surface area contributed by atoms with Crippen LogP contribution in [0.25, 0.3) is 0 Å². The molecule has 5 nitrogen and oxygen atoms in total. The zero-order chi connectivity index (χ0) is 18.0. The van der Waals surface area contributed by atoms with Gasteiger partial charge in [0.25, 0.3) is 0 Å². The third-order valence-corrected chi connectivity index (χ3v) is 3.93. The zero-order valence-corrected chi connectivity index (χ0v) is 13.8. The van der Waals surface area contributed by atoms with Gasteiger partial charge in [-0.15, -0.1) is 0 Å². The number of hydrogen-bond donors (Lipinski definition) is 2. The number of hydrazone groups is 1. The van der Waals surface area contributed by atoms with E-state index in [4.69, 9.17) is 4.74 Å². The Hall–Kier alpha value is -2.96. The molecule has 1 heterocycles. The Morgan fingerprint density at radius 2 is 1.96 bits per heavy atom. The minimum Gasteiger partial charge on any atom is -0.492 e. The minimum atomic E-state index is -0.775. The molecule has 2 aromatic carbocycles. The van der Waals surface area contributed by atoms with Crippen LogP contribution in [0.15, 0.2) is 41.5 Å². The summed E-state index contributed by atoms with van der Waals surface area (Å²) in [6, 6.07) is 9.13. The van der Waals surface area contributed by atoms with Crippen LogP contribution in [0.4, 0.5) is 20.2 Å². The molecule has 2 N–H and O–H groups in total. The van der Waals surface area contributed by atoms with Crippen molar-refractivity contribution in [2.45, 2.75) is 13.3 Å². The summed E-state index contributed by atoms with van der Waals surface area (Å²) >= 11 is 0. The summed E-state index contributed by atoms with van der Waals surface area (Å²) in [5, 5.41) is 7.04. The second-order valence-electron chi connectivity index (χ2n) is 5.81. The van der Waals surface area contributed by atoms with Crippen molar-refractivity contribution in [1.82, 2.24) is 5.43 Å². The van der Waals surface area contributed by atoms with E-state index in [9.17, 15) is 13.6 Å². The first-order chi connectivity index (χ1) is 12.0. The average molecular weight is 345 g/mol. The van der Waals surface area contributed by atoms with Crippen LogP contribution in [0.5, 0.6) is 5.75 Å². The molecule has 0 fully saturated rings. The Bertz CT molecular complexity index is 835. The van der Waals surface area contributed by atoms with Gasteiger partial charge in [-0.2, -0.15) is 5.10 Å². The van der Waals surface area contributed by atoms with E-state index in [1.807, 2.05) is 19.1 Å². The first-order valence-electron chi connectivity index (χ1n) is 7.75. The predicted octanol–water partition coefficient (Wildman–Crippen LogP) is 3.58. The van der Waals surface area contributed by atoms with Gasteiger partial charge in [-0.3, -0.25) is 4.79 Å². The molecule has 0 aromatic heterocycles. The topological polar surface area (TPSA) is 62.7 Å². The number of ether oxygens (including phenoxy) is 1. The van der Waals surface area contributed by atoms with Crippen LogP contribution in [0.3, 0.4) is 0 Å². The summed E-state index contributed by atoms with van der Waals surface area (Å²) < 4.78 is 32.2. The first-order valence-corrected chi connectivity index (χ1v) is 7.75. The molecule has 0 spiro atoms. The van der Waals surface area contributed by atoms with Gasteiger partial charge >= 0.3 is 0 Å². The molecule has 7 heteroatoms. The highest BCUT2D eigenvalue weighted by atomic mass is 19.1. The molecule has 1 atom stereocenters. The standard InChI is InChI=1S/C18H17F2N3O2/c1-10-7-16(24)22-23-17(10)11-3-5-13(6-4-11)21-15-9-12(19)8-14(20)18(15)25-2/h3-6,8-10,21H,7H2,1-2H3,(H,22,24)/t10-/m1/s1. The number of hydrogen-bond acceptors (Lipinski definition) is 4. The zero-order valence-electron chi connectivity index (χ0n) is 13.8. The maximum Gasteiger partial charge on any atom is 0.240 e. The van der Waals surface area contributed by atoms with E-state index >= 15 is 0 Å². The highest BCUT2D eigenvalue weighted by molar-refractivity contribution is 6.05. The molecule has 130 valence electrons. The molecule has 0 saturated heterocycles. The van der Waals surface area contributed by atoms with Crippen LogP contribution in [-0.4, -0.2) is 18.7 Å². The van der Waals surface area contributed by atoms with Crippen molar-refractivity contribution in [2.24, 2.45) is 11.0 Å². The smallest absolute Gasteiger partial charge is 0.240 e. The molecule has 25 heavy (non-hydrogen) atoms. The van der Waals surface area contributed by atoms with Gasteiger partial charge in [0.1, 0.15) is 5.82 Å². The summed E-state index contributed by atoms with van der Waals surface area (Å²) in [7, 11) is 1.32. The largest absolute Gasteiger partial charge is 0.492 e. The molecule has 0 saturated carbocycles. The molecule has 1 amide bonds. The van der Waals surface area contributed by atoms with Crippen LogP contribution in [0.1, 0.15) is 18.9 Å². The number of anilines is 2. The number of nitrogens with one attached hydrogen (secondary N) is 2. The Morgan fingerprint density at radius 3 is 2.60 bits per heavy atom. The van der Waals surface area contributed by atoms with E-state index < -0.39 is 11.6 Å². The molecule has 0 radical (unpaired) electrons. The number of methoxy groups -OCH3 is 1. The number of amides is 1. The predicted molar refractivity (Wildman–Crippen MR) is 91.1 cm³/mol. The Labute approximate surface area is 143 Å². The number of rotatable bonds is 4. The molecule has 2 aromatic rings. The number of carbonyl (C=O) groups excluding carboxylic acids is 1. The van der Waals surface area contributed by atoms with Crippen molar-refractivity contribution in [1.29, 1.82) is 0 Å². The highest BCUT2D eigenvalue weighted by Gasteiger charge is 2.21. The van der Waals surface area contributed by atoms with Gasteiger partial charge in [0.2, 0.25) is 5.91 Å². The fourth-order valence-corrected chi connectivity index (χ4v) is 2.74. The Balaban J connectivity index is 1.83. The SMILES string of the molecule is COc1c(F)cc(F)cc1Nc1ccc(C2=NNC(=O)C[C@H]2C)cc1. The summed E-state index contributed by atoms with van der Waals surface area (Å²) in [6.45, 7) is 1.93. The molecule has 1 aliphatic rings. The van der Waals surface area contributed by atoms with Crippen LogP contribution >= 0.6 is 0 Å². The average Bonchev–Trinajstić information content (AvgIpc) is 2.55. The van der Waals surface area contributed by atoms with E-state index in [0.29, 0.717) is 12.1 Å². The third kappa shape index (κ3) is 3.60. The summed E-state index contributed by atoms with van der Waals surface area (Å²) in [4.78, 5) is 11.3. The van der Waals surface area contributed by atoms with Gasteiger partial charge in [0, 0.05) is 30.2 Å². The highest BCUT2D eigenvalue weighted by Crippen LogP contribution is 2.31. The quantitative estimate of drug-likeness (QED) is 0.890. The van der Waals surface area contributed by atoms with Gasteiger partial charge in [-0.25, -0.2) is 14.2 Å². The molecule has 0 unspecified atom stereocenters. The number of benzene rings is 2. The van der Waals surface area contributed by atoms with Crippen molar-refractivity contribution in [3.05, 3.63) is 53.6 Å². The lowest BCUT2D eigenvalue weighted by Gasteiger charge is -2.19. The molecule has 1 aliphatic heterocycles. The molecule has 0 bridgehead atoms.